The van der Waals surface area contributed by atoms with Gasteiger partial charge in [-0.1, -0.05) is 32.0 Å². The van der Waals surface area contributed by atoms with Crippen molar-refractivity contribution in [3.8, 4) is 5.75 Å². The van der Waals surface area contributed by atoms with Gasteiger partial charge in [0.1, 0.15) is 12.4 Å². The fourth-order valence-corrected chi connectivity index (χ4v) is 2.58. The molecule has 116 valence electrons. The summed E-state index contributed by atoms with van der Waals surface area (Å²) in [5, 5.41) is 2.94. The highest BCUT2D eigenvalue weighted by Crippen LogP contribution is 2.18. The number of benzene rings is 1. The van der Waals surface area contributed by atoms with Crippen molar-refractivity contribution in [3.63, 3.8) is 0 Å². The first kappa shape index (κ1) is 15.7. The monoisotopic (exact) mass is 290 g/mol. The first-order valence-electron chi connectivity index (χ1n) is 7.94. The quantitative estimate of drug-likeness (QED) is 0.847. The molecule has 0 saturated carbocycles. The summed E-state index contributed by atoms with van der Waals surface area (Å²) in [6.07, 6.45) is 3.16. The van der Waals surface area contributed by atoms with Crippen LogP contribution in [0.25, 0.3) is 0 Å². The molecule has 0 aromatic heterocycles. The number of nitrogens with zero attached hydrogens (tertiary/aromatic N) is 1. The van der Waals surface area contributed by atoms with Gasteiger partial charge >= 0.3 is 6.03 Å². The van der Waals surface area contributed by atoms with Gasteiger partial charge in [0.2, 0.25) is 0 Å². The Hall–Kier alpha value is -1.71. The maximum atomic E-state index is 12.0. The predicted octanol–water partition coefficient (Wildman–Crippen LogP) is 3.07. The largest absolute Gasteiger partial charge is 0.491 e. The maximum Gasteiger partial charge on any atom is 0.317 e. The Morgan fingerprint density at radius 3 is 2.76 bits per heavy atom. The summed E-state index contributed by atoms with van der Waals surface area (Å²) in [5.74, 6) is 1.66. The normalized spacial score (nSPS) is 15.8. The molecule has 0 radical (unpaired) electrons. The van der Waals surface area contributed by atoms with Crippen molar-refractivity contribution in [2.45, 2.75) is 33.1 Å². The van der Waals surface area contributed by atoms with E-state index in [-0.39, 0.29) is 6.03 Å². The summed E-state index contributed by atoms with van der Waals surface area (Å²) in [6, 6.07) is 8.08. The summed E-state index contributed by atoms with van der Waals surface area (Å²) >= 11 is 0. The van der Waals surface area contributed by atoms with Crippen LogP contribution in [0.4, 0.5) is 4.79 Å². The lowest BCUT2D eigenvalue weighted by Crippen LogP contribution is -2.45. The molecule has 0 spiro atoms. The maximum absolute atomic E-state index is 12.0. The number of hydrogen-bond donors (Lipinski definition) is 1. The molecule has 4 nitrogen and oxygen atoms in total. The van der Waals surface area contributed by atoms with Crippen LogP contribution in [0.3, 0.4) is 0 Å². The zero-order valence-electron chi connectivity index (χ0n) is 13.1. The Morgan fingerprint density at radius 1 is 1.33 bits per heavy atom. The molecular weight excluding hydrogens is 264 g/mol. The second-order valence-electron chi connectivity index (χ2n) is 5.71. The van der Waals surface area contributed by atoms with Gasteiger partial charge in [0.25, 0.3) is 0 Å². The third kappa shape index (κ3) is 4.66. The van der Waals surface area contributed by atoms with Gasteiger partial charge in [-0.15, -0.1) is 0 Å². The van der Waals surface area contributed by atoms with Crippen molar-refractivity contribution in [2.24, 2.45) is 5.92 Å². The lowest BCUT2D eigenvalue weighted by atomic mass is 10.00. The van der Waals surface area contributed by atoms with E-state index < -0.39 is 0 Å². The minimum atomic E-state index is 0.0364. The van der Waals surface area contributed by atoms with Gasteiger partial charge in [0.15, 0.2) is 0 Å². The van der Waals surface area contributed by atoms with Gasteiger partial charge < -0.3 is 15.0 Å². The molecule has 1 fully saturated rings. The van der Waals surface area contributed by atoms with Crippen LogP contribution in [0, 0.1) is 5.92 Å². The van der Waals surface area contributed by atoms with Crippen molar-refractivity contribution in [1.29, 1.82) is 0 Å². The van der Waals surface area contributed by atoms with E-state index in [0.29, 0.717) is 13.2 Å². The smallest absolute Gasteiger partial charge is 0.317 e. The van der Waals surface area contributed by atoms with Gasteiger partial charge in [-0.25, -0.2) is 4.79 Å². The minimum Gasteiger partial charge on any atom is -0.491 e. The number of rotatable bonds is 5. The molecule has 0 unspecified atom stereocenters. The first-order valence-corrected chi connectivity index (χ1v) is 7.94. The summed E-state index contributed by atoms with van der Waals surface area (Å²) in [5.41, 5.74) is 1.20. The van der Waals surface area contributed by atoms with Crippen molar-refractivity contribution < 1.29 is 9.53 Å². The predicted molar refractivity (Wildman–Crippen MR) is 84.7 cm³/mol. The first-order chi connectivity index (χ1) is 10.2. The molecule has 2 rings (SSSR count). The number of carbonyl (C=O) groups excluding carboxylic acids is 1. The van der Waals surface area contributed by atoms with Crippen LogP contribution in [0.15, 0.2) is 24.3 Å². The Kier molecular flexibility index (Phi) is 5.90. The molecule has 21 heavy (non-hydrogen) atoms. The minimum absolute atomic E-state index is 0.0364. The number of likely N-dealkylation sites (tertiary alicyclic amines) is 1. The standard InChI is InChI=1S/C17H26N2O2/c1-3-15-6-4-5-7-16(15)21-13-10-18-17(20)19-11-8-14(2)9-12-19/h4-7,14H,3,8-13H2,1-2H3,(H,18,20). The van der Waals surface area contributed by atoms with Gasteiger partial charge in [0, 0.05) is 13.1 Å². The number of ether oxygens (including phenoxy) is 1. The third-order valence-corrected chi connectivity index (χ3v) is 4.06. The summed E-state index contributed by atoms with van der Waals surface area (Å²) in [6.45, 7) is 7.14. The number of para-hydroxylation sites is 1. The average molecular weight is 290 g/mol. The van der Waals surface area contributed by atoms with E-state index in [9.17, 15) is 4.79 Å². The molecule has 1 N–H and O–H groups in total. The van der Waals surface area contributed by atoms with Crippen molar-refractivity contribution in [2.75, 3.05) is 26.2 Å². The van der Waals surface area contributed by atoms with E-state index in [1.807, 2.05) is 23.1 Å². The molecule has 1 aliphatic heterocycles. The second-order valence-corrected chi connectivity index (χ2v) is 5.71. The number of aryl methyl sites for hydroxylation is 1. The molecular formula is C17H26N2O2. The van der Waals surface area contributed by atoms with Crippen molar-refractivity contribution in [1.82, 2.24) is 10.2 Å². The Balaban J connectivity index is 1.68. The number of hydrogen-bond acceptors (Lipinski definition) is 2. The average Bonchev–Trinajstić information content (AvgIpc) is 2.52. The second kappa shape index (κ2) is 7.91. The highest BCUT2D eigenvalue weighted by Gasteiger charge is 2.19. The molecule has 1 saturated heterocycles. The van der Waals surface area contributed by atoms with Gasteiger partial charge in [-0.05, 0) is 36.8 Å². The fraction of sp³-hybridized carbons (Fsp3) is 0.588. The Labute approximate surface area is 127 Å². The van der Waals surface area contributed by atoms with Crippen LogP contribution in [-0.4, -0.2) is 37.2 Å². The summed E-state index contributed by atoms with van der Waals surface area (Å²) in [4.78, 5) is 13.9. The highest BCUT2D eigenvalue weighted by atomic mass is 16.5. The van der Waals surface area contributed by atoms with E-state index in [2.05, 4.69) is 25.2 Å². The topological polar surface area (TPSA) is 41.6 Å². The van der Waals surface area contributed by atoms with Crippen LogP contribution >= 0.6 is 0 Å². The molecule has 2 amide bonds. The van der Waals surface area contributed by atoms with Crippen LogP contribution < -0.4 is 10.1 Å². The molecule has 1 aromatic rings. The Bertz CT molecular complexity index is 454. The molecule has 0 aliphatic carbocycles. The number of urea groups is 1. The van der Waals surface area contributed by atoms with Gasteiger partial charge in [-0.2, -0.15) is 0 Å². The van der Waals surface area contributed by atoms with Gasteiger partial charge in [0.05, 0.1) is 6.54 Å². The summed E-state index contributed by atoms with van der Waals surface area (Å²) < 4.78 is 5.75. The van der Waals surface area contributed by atoms with Crippen molar-refractivity contribution in [3.05, 3.63) is 29.8 Å². The van der Waals surface area contributed by atoms with Crippen LogP contribution in [0.5, 0.6) is 5.75 Å². The third-order valence-electron chi connectivity index (χ3n) is 4.06. The fourth-order valence-electron chi connectivity index (χ4n) is 2.58. The number of carbonyl (C=O) groups is 1. The molecule has 1 heterocycles. The SMILES string of the molecule is CCc1ccccc1OCCNC(=O)N1CCC(C)CC1. The van der Waals surface area contributed by atoms with E-state index in [4.69, 9.17) is 4.74 Å². The Morgan fingerprint density at radius 2 is 2.05 bits per heavy atom. The van der Waals surface area contributed by atoms with Crippen LogP contribution in [-0.2, 0) is 6.42 Å². The van der Waals surface area contributed by atoms with E-state index in [1.165, 1.54) is 5.56 Å². The number of nitrogens with one attached hydrogen (secondary N) is 1. The van der Waals surface area contributed by atoms with Crippen LogP contribution in [0.1, 0.15) is 32.3 Å². The molecule has 1 aliphatic rings. The van der Waals surface area contributed by atoms with Gasteiger partial charge in [-0.3, -0.25) is 0 Å². The lowest BCUT2D eigenvalue weighted by Gasteiger charge is -2.30. The zero-order valence-corrected chi connectivity index (χ0v) is 13.1. The highest BCUT2D eigenvalue weighted by molar-refractivity contribution is 5.74. The zero-order chi connectivity index (χ0) is 15.1. The molecule has 4 heteroatoms. The number of amides is 2. The van der Waals surface area contributed by atoms with Crippen LogP contribution in [0.2, 0.25) is 0 Å². The van der Waals surface area contributed by atoms with E-state index >= 15 is 0 Å². The summed E-state index contributed by atoms with van der Waals surface area (Å²) in [7, 11) is 0. The molecule has 1 aromatic carbocycles. The molecule has 0 bridgehead atoms. The lowest BCUT2D eigenvalue weighted by molar-refractivity contribution is 0.172. The van der Waals surface area contributed by atoms with Crippen molar-refractivity contribution >= 4 is 6.03 Å². The van der Waals surface area contributed by atoms with E-state index in [0.717, 1.165) is 44.0 Å². The number of piperidine rings is 1. The molecule has 0 atom stereocenters. The van der Waals surface area contributed by atoms with E-state index in [1.54, 1.807) is 0 Å².